The molecule has 3 aromatic rings. The molecule has 0 bridgehead atoms. The standard InChI is InChI=1S/C12H12N4S2/c1-6-13-11-9(10-14-15-12(17)16(6)10)7-4-2-3-5-8(7)18-11/h2-5H2,1H3,(H,15,17). The summed E-state index contributed by atoms with van der Waals surface area (Å²) >= 11 is 7.10. The van der Waals surface area contributed by atoms with E-state index in [-0.39, 0.29) is 0 Å². The van der Waals surface area contributed by atoms with Gasteiger partial charge in [-0.3, -0.25) is 9.50 Å². The Kier molecular flexibility index (Phi) is 2.14. The molecule has 0 aliphatic heterocycles. The summed E-state index contributed by atoms with van der Waals surface area (Å²) in [6.45, 7) is 1.98. The number of hydrogen-bond acceptors (Lipinski definition) is 4. The number of aromatic nitrogens is 4. The molecule has 3 aromatic heterocycles. The van der Waals surface area contributed by atoms with Gasteiger partial charge in [0.1, 0.15) is 10.7 Å². The van der Waals surface area contributed by atoms with E-state index in [0.717, 1.165) is 22.7 Å². The van der Waals surface area contributed by atoms with E-state index in [1.807, 2.05) is 22.7 Å². The zero-order valence-electron chi connectivity index (χ0n) is 9.99. The van der Waals surface area contributed by atoms with Crippen LogP contribution in [0.4, 0.5) is 0 Å². The summed E-state index contributed by atoms with van der Waals surface area (Å²) < 4.78 is 2.58. The van der Waals surface area contributed by atoms with Crippen molar-refractivity contribution in [2.24, 2.45) is 0 Å². The van der Waals surface area contributed by atoms with Gasteiger partial charge in [0.25, 0.3) is 0 Å². The van der Waals surface area contributed by atoms with Gasteiger partial charge in [0, 0.05) is 4.88 Å². The lowest BCUT2D eigenvalue weighted by molar-refractivity contribution is 0.700. The van der Waals surface area contributed by atoms with E-state index in [1.54, 1.807) is 0 Å². The van der Waals surface area contributed by atoms with Gasteiger partial charge in [-0.25, -0.2) is 4.98 Å². The fraction of sp³-hybridized carbons (Fsp3) is 0.417. The highest BCUT2D eigenvalue weighted by atomic mass is 32.1. The van der Waals surface area contributed by atoms with Crippen LogP contribution >= 0.6 is 23.6 Å². The third-order valence-corrected chi connectivity index (χ3v) is 5.10. The molecular formula is C12H12N4S2. The molecule has 1 aliphatic rings. The SMILES string of the molecule is Cc1nc2sc3c(c2c2n[nH]c(=S)n12)CCCC3. The molecule has 0 spiro atoms. The monoisotopic (exact) mass is 276 g/mol. The van der Waals surface area contributed by atoms with Crippen molar-refractivity contribution in [3.05, 3.63) is 21.0 Å². The van der Waals surface area contributed by atoms with Crippen molar-refractivity contribution < 1.29 is 0 Å². The van der Waals surface area contributed by atoms with Crippen molar-refractivity contribution in [2.45, 2.75) is 32.6 Å². The van der Waals surface area contributed by atoms with E-state index >= 15 is 0 Å². The van der Waals surface area contributed by atoms with Crippen LogP contribution in [0.25, 0.3) is 15.9 Å². The molecule has 0 radical (unpaired) electrons. The van der Waals surface area contributed by atoms with Gasteiger partial charge in [-0.1, -0.05) is 0 Å². The molecular weight excluding hydrogens is 264 g/mol. The summed E-state index contributed by atoms with van der Waals surface area (Å²) in [6.07, 6.45) is 4.90. The Morgan fingerprint density at radius 3 is 3.06 bits per heavy atom. The van der Waals surface area contributed by atoms with Crippen LogP contribution in [-0.4, -0.2) is 19.6 Å². The molecule has 0 atom stereocenters. The zero-order valence-corrected chi connectivity index (χ0v) is 11.6. The first kappa shape index (κ1) is 10.6. The highest BCUT2D eigenvalue weighted by Gasteiger charge is 2.20. The van der Waals surface area contributed by atoms with Gasteiger partial charge in [0.15, 0.2) is 5.65 Å². The normalized spacial score (nSPS) is 15.4. The minimum absolute atomic E-state index is 0.632. The summed E-state index contributed by atoms with van der Waals surface area (Å²) in [5.41, 5.74) is 2.40. The second-order valence-electron chi connectivity index (χ2n) is 4.74. The maximum absolute atomic E-state index is 5.27. The lowest BCUT2D eigenvalue weighted by Crippen LogP contribution is -2.00. The zero-order chi connectivity index (χ0) is 12.3. The van der Waals surface area contributed by atoms with E-state index < -0.39 is 0 Å². The first-order valence-corrected chi connectivity index (χ1v) is 7.36. The first-order valence-electron chi connectivity index (χ1n) is 6.13. The summed E-state index contributed by atoms with van der Waals surface area (Å²) in [5.74, 6) is 0.912. The molecule has 3 heterocycles. The molecule has 6 heteroatoms. The van der Waals surface area contributed by atoms with Crippen LogP contribution in [0.2, 0.25) is 0 Å². The van der Waals surface area contributed by atoms with E-state index in [4.69, 9.17) is 17.2 Å². The number of aryl methyl sites for hydroxylation is 3. The second-order valence-corrected chi connectivity index (χ2v) is 6.21. The number of H-pyrrole nitrogens is 1. The fourth-order valence-electron chi connectivity index (χ4n) is 2.82. The van der Waals surface area contributed by atoms with Crippen LogP contribution in [0.3, 0.4) is 0 Å². The van der Waals surface area contributed by atoms with Crippen LogP contribution in [-0.2, 0) is 12.8 Å². The predicted octanol–water partition coefficient (Wildman–Crippen LogP) is 3.19. The molecule has 0 saturated heterocycles. The summed E-state index contributed by atoms with van der Waals surface area (Å²) in [4.78, 5) is 7.30. The molecule has 18 heavy (non-hydrogen) atoms. The number of nitrogens with zero attached hydrogens (tertiary/aromatic N) is 3. The lowest BCUT2D eigenvalue weighted by atomic mass is 9.97. The second kappa shape index (κ2) is 3.61. The number of aromatic amines is 1. The molecule has 0 aromatic carbocycles. The topological polar surface area (TPSA) is 46.0 Å². The molecule has 4 rings (SSSR count). The van der Waals surface area contributed by atoms with E-state index in [2.05, 4.69) is 10.2 Å². The van der Waals surface area contributed by atoms with Gasteiger partial charge >= 0.3 is 0 Å². The number of hydrogen-bond donors (Lipinski definition) is 1. The van der Waals surface area contributed by atoms with E-state index in [1.165, 1.54) is 35.1 Å². The Morgan fingerprint density at radius 1 is 1.33 bits per heavy atom. The minimum atomic E-state index is 0.632. The maximum atomic E-state index is 5.27. The first-order chi connectivity index (χ1) is 8.75. The average Bonchev–Trinajstić information content (AvgIpc) is 2.90. The molecule has 0 saturated carbocycles. The van der Waals surface area contributed by atoms with Crippen molar-refractivity contribution in [1.82, 2.24) is 19.6 Å². The predicted molar refractivity (Wildman–Crippen MR) is 74.9 cm³/mol. The van der Waals surface area contributed by atoms with Crippen molar-refractivity contribution in [3.63, 3.8) is 0 Å². The lowest BCUT2D eigenvalue weighted by Gasteiger charge is -2.10. The highest BCUT2D eigenvalue weighted by Crippen LogP contribution is 2.37. The van der Waals surface area contributed by atoms with Crippen LogP contribution < -0.4 is 0 Å². The Hall–Kier alpha value is -1.27. The van der Waals surface area contributed by atoms with E-state index in [9.17, 15) is 0 Å². The summed E-state index contributed by atoms with van der Waals surface area (Å²) in [7, 11) is 0. The van der Waals surface area contributed by atoms with Gasteiger partial charge in [-0.15, -0.1) is 11.3 Å². The number of nitrogens with one attached hydrogen (secondary N) is 1. The quantitative estimate of drug-likeness (QED) is 0.641. The van der Waals surface area contributed by atoms with Crippen LogP contribution in [0.15, 0.2) is 0 Å². The molecule has 0 fully saturated rings. The maximum Gasteiger partial charge on any atom is 0.201 e. The van der Waals surface area contributed by atoms with Gasteiger partial charge in [-0.2, -0.15) is 5.10 Å². The molecule has 1 N–H and O–H groups in total. The summed E-state index contributed by atoms with van der Waals surface area (Å²) in [5, 5.41) is 8.50. The minimum Gasteiger partial charge on any atom is -0.255 e. The molecule has 92 valence electrons. The van der Waals surface area contributed by atoms with Gasteiger partial charge in [-0.05, 0) is 50.4 Å². The van der Waals surface area contributed by atoms with Crippen molar-refractivity contribution in [2.75, 3.05) is 0 Å². The third-order valence-electron chi connectivity index (χ3n) is 3.64. The average molecular weight is 276 g/mol. The van der Waals surface area contributed by atoms with Gasteiger partial charge in [0.05, 0.1) is 5.39 Å². The number of fused-ring (bicyclic) bond motifs is 5. The smallest absolute Gasteiger partial charge is 0.201 e. The van der Waals surface area contributed by atoms with Crippen LogP contribution in [0, 0.1) is 11.7 Å². The largest absolute Gasteiger partial charge is 0.255 e. The highest BCUT2D eigenvalue weighted by molar-refractivity contribution is 7.71. The van der Waals surface area contributed by atoms with Gasteiger partial charge < -0.3 is 0 Å². The van der Waals surface area contributed by atoms with Crippen LogP contribution in [0.5, 0.6) is 0 Å². The number of thiophene rings is 1. The third kappa shape index (κ3) is 1.27. The number of rotatable bonds is 0. The van der Waals surface area contributed by atoms with Crippen LogP contribution in [0.1, 0.15) is 29.1 Å². The Labute approximate surface area is 113 Å². The van der Waals surface area contributed by atoms with Crippen molar-refractivity contribution in [1.29, 1.82) is 0 Å². The molecule has 1 aliphatic carbocycles. The molecule has 4 nitrogen and oxygen atoms in total. The van der Waals surface area contributed by atoms with Crippen molar-refractivity contribution >= 4 is 39.4 Å². The van der Waals surface area contributed by atoms with Gasteiger partial charge in [0.2, 0.25) is 4.77 Å². The Morgan fingerprint density at radius 2 is 2.17 bits per heavy atom. The molecule has 0 unspecified atom stereocenters. The fourth-order valence-corrected chi connectivity index (χ4v) is 4.39. The van der Waals surface area contributed by atoms with Crippen molar-refractivity contribution in [3.8, 4) is 0 Å². The van der Waals surface area contributed by atoms with E-state index in [0.29, 0.717) is 4.77 Å². The Balaban J connectivity index is 2.26. The summed E-state index contributed by atoms with van der Waals surface area (Å²) in [6, 6.07) is 0. The molecule has 0 amide bonds. The Bertz CT molecular complexity index is 824.